The lowest BCUT2D eigenvalue weighted by atomic mass is 9.91. The van der Waals surface area contributed by atoms with Crippen LogP contribution in [0.2, 0.25) is 0 Å². The first-order valence-corrected chi connectivity index (χ1v) is 6.67. The van der Waals surface area contributed by atoms with Gasteiger partial charge in [0.2, 0.25) is 0 Å². The zero-order valence-electron chi connectivity index (χ0n) is 12.7. The first-order chi connectivity index (χ1) is 11.2. The minimum atomic E-state index is -4.68. The molecule has 0 amide bonds. The molecule has 0 atom stereocenters. The second-order valence-corrected chi connectivity index (χ2v) is 4.85. The predicted octanol–water partition coefficient (Wildman–Crippen LogP) is 3.32. The number of pyridine rings is 1. The number of hydrogen-bond donors (Lipinski definition) is 1. The number of carbonyl (C=O) groups is 1. The van der Waals surface area contributed by atoms with Gasteiger partial charge >= 0.3 is 12.1 Å². The number of rotatable bonds is 2. The van der Waals surface area contributed by atoms with Crippen LogP contribution in [0.25, 0.3) is 11.1 Å². The number of halogens is 3. The number of nitrogen functional groups attached to an aromatic ring is 1. The van der Waals surface area contributed by atoms with Crippen LogP contribution in [0, 0.1) is 18.3 Å². The number of methoxy groups -OCH3 is 1. The second kappa shape index (κ2) is 6.20. The van der Waals surface area contributed by atoms with Crippen molar-refractivity contribution in [1.82, 2.24) is 4.98 Å². The molecule has 0 bridgehead atoms. The number of hydrogen-bond acceptors (Lipinski definition) is 5. The van der Waals surface area contributed by atoms with Crippen molar-refractivity contribution in [3.05, 3.63) is 46.6 Å². The van der Waals surface area contributed by atoms with Gasteiger partial charge in [-0.2, -0.15) is 18.4 Å². The van der Waals surface area contributed by atoms with Gasteiger partial charge < -0.3 is 10.5 Å². The highest BCUT2D eigenvalue weighted by atomic mass is 19.4. The summed E-state index contributed by atoms with van der Waals surface area (Å²) in [7, 11) is 1.09. The molecule has 0 saturated carbocycles. The third kappa shape index (κ3) is 2.88. The van der Waals surface area contributed by atoms with Crippen LogP contribution in [0.15, 0.2) is 24.3 Å². The van der Waals surface area contributed by atoms with Crippen molar-refractivity contribution in [2.75, 3.05) is 12.8 Å². The Labute approximate surface area is 135 Å². The molecule has 0 aliphatic rings. The van der Waals surface area contributed by atoms with Gasteiger partial charge in [-0.25, -0.2) is 9.78 Å². The molecular weight excluding hydrogens is 323 g/mol. The molecule has 124 valence electrons. The quantitative estimate of drug-likeness (QED) is 0.851. The molecule has 2 aromatic rings. The summed E-state index contributed by atoms with van der Waals surface area (Å²) in [4.78, 5) is 15.9. The molecule has 0 spiro atoms. The van der Waals surface area contributed by atoms with E-state index in [2.05, 4.69) is 9.72 Å². The molecule has 1 heterocycles. The van der Waals surface area contributed by atoms with Gasteiger partial charge in [-0.3, -0.25) is 0 Å². The number of aryl methyl sites for hydroxylation is 1. The van der Waals surface area contributed by atoms with E-state index < -0.39 is 17.7 Å². The average molecular weight is 335 g/mol. The molecule has 0 saturated heterocycles. The molecular formula is C16H12F3N3O2. The highest BCUT2D eigenvalue weighted by molar-refractivity contribution is 6.01. The third-order valence-electron chi connectivity index (χ3n) is 3.41. The molecule has 24 heavy (non-hydrogen) atoms. The Hall–Kier alpha value is -3.08. The molecule has 0 fully saturated rings. The van der Waals surface area contributed by atoms with Gasteiger partial charge in [-0.1, -0.05) is 18.2 Å². The number of anilines is 1. The summed E-state index contributed by atoms with van der Waals surface area (Å²) in [6.45, 7) is 1.41. The standard InChI is InChI=1S/C16H12F3N3O2/c1-8-12(15(23)24-2)13(10(7-20)14(21)22-8)9-5-3-4-6-11(9)16(17,18)19/h3-6H,1-2H3,(H2,21,22). The number of benzene rings is 1. The monoisotopic (exact) mass is 335 g/mol. The van der Waals surface area contributed by atoms with E-state index in [4.69, 9.17) is 5.73 Å². The van der Waals surface area contributed by atoms with E-state index in [1.54, 1.807) is 6.07 Å². The third-order valence-corrected chi connectivity index (χ3v) is 3.41. The van der Waals surface area contributed by atoms with Gasteiger partial charge in [0.15, 0.2) is 0 Å². The molecule has 8 heteroatoms. The molecule has 0 aliphatic carbocycles. The van der Waals surface area contributed by atoms with Gasteiger partial charge in [-0.05, 0) is 18.6 Å². The Bertz CT molecular complexity index is 855. The predicted molar refractivity (Wildman–Crippen MR) is 79.9 cm³/mol. The van der Waals surface area contributed by atoms with E-state index in [-0.39, 0.29) is 33.8 Å². The summed E-state index contributed by atoms with van der Waals surface area (Å²) in [6.07, 6.45) is -4.68. The van der Waals surface area contributed by atoms with E-state index in [1.807, 2.05) is 0 Å². The molecule has 2 rings (SSSR count). The maximum Gasteiger partial charge on any atom is 0.417 e. The molecule has 1 aromatic heterocycles. The summed E-state index contributed by atoms with van der Waals surface area (Å²) >= 11 is 0. The van der Waals surface area contributed by atoms with Crippen LogP contribution >= 0.6 is 0 Å². The van der Waals surface area contributed by atoms with E-state index in [1.165, 1.54) is 25.1 Å². The summed E-state index contributed by atoms with van der Waals surface area (Å²) in [5.74, 6) is -1.15. The zero-order chi connectivity index (χ0) is 18.1. The van der Waals surface area contributed by atoms with Gasteiger partial charge in [0, 0.05) is 5.56 Å². The maximum atomic E-state index is 13.3. The smallest absolute Gasteiger partial charge is 0.417 e. The lowest BCUT2D eigenvalue weighted by Gasteiger charge is -2.18. The van der Waals surface area contributed by atoms with Gasteiger partial charge in [-0.15, -0.1) is 0 Å². The number of nitriles is 1. The van der Waals surface area contributed by atoms with Crippen molar-refractivity contribution in [2.45, 2.75) is 13.1 Å². The second-order valence-electron chi connectivity index (χ2n) is 4.85. The Kier molecular flexibility index (Phi) is 4.46. The number of nitrogens with two attached hydrogens (primary N) is 1. The van der Waals surface area contributed by atoms with Crippen LogP contribution in [0.5, 0.6) is 0 Å². The summed E-state index contributed by atoms with van der Waals surface area (Å²) in [5.41, 5.74) is 3.66. The number of carbonyl (C=O) groups excluding carboxylic acids is 1. The maximum absolute atomic E-state index is 13.3. The zero-order valence-corrected chi connectivity index (χ0v) is 12.7. The largest absolute Gasteiger partial charge is 0.465 e. The van der Waals surface area contributed by atoms with Crippen molar-refractivity contribution in [1.29, 1.82) is 5.26 Å². The van der Waals surface area contributed by atoms with Crippen LogP contribution in [0.4, 0.5) is 19.0 Å². The number of esters is 1. The number of ether oxygens (including phenoxy) is 1. The van der Waals surface area contributed by atoms with Crippen LogP contribution in [-0.2, 0) is 10.9 Å². The van der Waals surface area contributed by atoms with Gasteiger partial charge in [0.05, 0.1) is 23.9 Å². The Morgan fingerprint density at radius 1 is 1.33 bits per heavy atom. The molecule has 2 N–H and O–H groups in total. The van der Waals surface area contributed by atoms with E-state index >= 15 is 0 Å². The Morgan fingerprint density at radius 3 is 2.50 bits per heavy atom. The lowest BCUT2D eigenvalue weighted by molar-refractivity contribution is -0.137. The van der Waals surface area contributed by atoms with Crippen LogP contribution < -0.4 is 5.73 Å². The fourth-order valence-electron chi connectivity index (χ4n) is 2.41. The summed E-state index contributed by atoms with van der Waals surface area (Å²) < 4.78 is 44.7. The molecule has 0 radical (unpaired) electrons. The fraction of sp³-hybridized carbons (Fsp3) is 0.188. The van der Waals surface area contributed by atoms with Crippen molar-refractivity contribution in [3.63, 3.8) is 0 Å². The number of alkyl halides is 3. The first kappa shape index (κ1) is 17.3. The van der Waals surface area contributed by atoms with Crippen LogP contribution in [-0.4, -0.2) is 18.1 Å². The van der Waals surface area contributed by atoms with Gasteiger partial charge in [0.25, 0.3) is 0 Å². The summed E-state index contributed by atoms with van der Waals surface area (Å²) in [5, 5.41) is 9.32. The van der Waals surface area contributed by atoms with Crippen molar-refractivity contribution in [3.8, 4) is 17.2 Å². The van der Waals surface area contributed by atoms with E-state index in [0.29, 0.717) is 0 Å². The Morgan fingerprint density at radius 2 is 1.96 bits per heavy atom. The first-order valence-electron chi connectivity index (χ1n) is 6.67. The van der Waals surface area contributed by atoms with Gasteiger partial charge in [0.1, 0.15) is 17.5 Å². The normalized spacial score (nSPS) is 11.0. The average Bonchev–Trinajstić information content (AvgIpc) is 2.52. The molecule has 1 aromatic carbocycles. The van der Waals surface area contributed by atoms with Crippen molar-refractivity contribution >= 4 is 11.8 Å². The Balaban J connectivity index is 3.00. The molecule has 0 unspecified atom stereocenters. The molecule has 0 aliphatic heterocycles. The number of nitrogens with zero attached hydrogens (tertiary/aromatic N) is 2. The lowest BCUT2D eigenvalue weighted by Crippen LogP contribution is -2.14. The van der Waals surface area contributed by atoms with Crippen molar-refractivity contribution in [2.24, 2.45) is 0 Å². The van der Waals surface area contributed by atoms with E-state index in [9.17, 15) is 23.2 Å². The highest BCUT2D eigenvalue weighted by Gasteiger charge is 2.36. The minimum Gasteiger partial charge on any atom is -0.465 e. The van der Waals surface area contributed by atoms with Crippen molar-refractivity contribution < 1.29 is 22.7 Å². The number of aromatic nitrogens is 1. The van der Waals surface area contributed by atoms with Crippen LogP contribution in [0.3, 0.4) is 0 Å². The highest BCUT2D eigenvalue weighted by Crippen LogP contribution is 2.41. The summed E-state index contributed by atoms with van der Waals surface area (Å²) in [6, 6.07) is 6.35. The topological polar surface area (TPSA) is 89.0 Å². The van der Waals surface area contributed by atoms with Crippen LogP contribution in [0.1, 0.15) is 27.2 Å². The fourth-order valence-corrected chi connectivity index (χ4v) is 2.41. The van der Waals surface area contributed by atoms with E-state index in [0.717, 1.165) is 13.2 Å². The SMILES string of the molecule is COC(=O)c1c(C)nc(N)c(C#N)c1-c1ccccc1C(F)(F)F. The minimum absolute atomic E-state index is 0.0744. The molecule has 5 nitrogen and oxygen atoms in total.